The Balaban J connectivity index is 2.29. The fourth-order valence-corrected chi connectivity index (χ4v) is 3.19. The van der Waals surface area contributed by atoms with Gasteiger partial charge in [-0.1, -0.05) is 30.8 Å². The van der Waals surface area contributed by atoms with E-state index in [4.69, 9.17) is 10.5 Å². The summed E-state index contributed by atoms with van der Waals surface area (Å²) in [6, 6.07) is 7.78. The van der Waals surface area contributed by atoms with Crippen LogP contribution in [0, 0.1) is 0 Å². The number of ether oxygens (including phenoxy) is 1. The highest BCUT2D eigenvalue weighted by molar-refractivity contribution is 7.99. The fraction of sp³-hybridized carbons (Fsp3) is 0.429. The summed E-state index contributed by atoms with van der Waals surface area (Å²) in [6.07, 6.45) is 0.835. The number of thioether (sulfide) groups is 1. The lowest BCUT2D eigenvalue weighted by Crippen LogP contribution is -2.26. The van der Waals surface area contributed by atoms with E-state index in [-0.39, 0.29) is 17.0 Å². The third-order valence-electron chi connectivity index (χ3n) is 3.38. The molecule has 2 atom stereocenters. The van der Waals surface area contributed by atoms with Gasteiger partial charge in [0.15, 0.2) is 5.16 Å². The molecule has 1 heterocycles. The zero-order valence-corrected chi connectivity index (χ0v) is 13.2. The van der Waals surface area contributed by atoms with E-state index in [0.29, 0.717) is 5.16 Å². The van der Waals surface area contributed by atoms with Gasteiger partial charge in [-0.3, -0.25) is 4.57 Å². The molecule has 0 radical (unpaired) electrons. The number of aromatic nitrogens is 3. The summed E-state index contributed by atoms with van der Waals surface area (Å²) in [4.78, 5) is 11.5. The van der Waals surface area contributed by atoms with Gasteiger partial charge in [0.05, 0.1) is 12.4 Å². The molecule has 1 aromatic carbocycles. The van der Waals surface area contributed by atoms with Gasteiger partial charge in [0.2, 0.25) is 0 Å². The SMILES string of the molecule is CCC(N)C(Sc1n[nH]c(=O)n1C)c1ccc(OC)cc1. The second kappa shape index (κ2) is 6.82. The highest BCUT2D eigenvalue weighted by atomic mass is 32.2. The third-order valence-corrected chi connectivity index (χ3v) is 4.83. The highest BCUT2D eigenvalue weighted by Crippen LogP contribution is 2.37. The van der Waals surface area contributed by atoms with Gasteiger partial charge in [0, 0.05) is 13.1 Å². The molecular formula is C14H20N4O2S. The van der Waals surface area contributed by atoms with E-state index in [1.807, 2.05) is 31.2 Å². The van der Waals surface area contributed by atoms with Crippen molar-refractivity contribution in [3.05, 3.63) is 40.3 Å². The van der Waals surface area contributed by atoms with Gasteiger partial charge < -0.3 is 10.5 Å². The number of nitrogens with two attached hydrogens (primary N) is 1. The monoisotopic (exact) mass is 308 g/mol. The van der Waals surface area contributed by atoms with Crippen LogP contribution in [0.25, 0.3) is 0 Å². The van der Waals surface area contributed by atoms with Gasteiger partial charge in [-0.25, -0.2) is 9.89 Å². The molecule has 2 rings (SSSR count). The van der Waals surface area contributed by atoms with Crippen molar-refractivity contribution in [1.82, 2.24) is 14.8 Å². The molecule has 0 aliphatic carbocycles. The molecule has 0 saturated heterocycles. The van der Waals surface area contributed by atoms with E-state index < -0.39 is 0 Å². The second-order valence-corrected chi connectivity index (χ2v) is 5.86. The van der Waals surface area contributed by atoms with Crippen molar-refractivity contribution in [3.8, 4) is 5.75 Å². The Kier molecular flexibility index (Phi) is 5.08. The maximum absolute atomic E-state index is 11.5. The Bertz CT molecular complexity index is 635. The molecule has 21 heavy (non-hydrogen) atoms. The Morgan fingerprint density at radius 2 is 2.10 bits per heavy atom. The first-order valence-electron chi connectivity index (χ1n) is 6.74. The smallest absolute Gasteiger partial charge is 0.343 e. The van der Waals surface area contributed by atoms with E-state index in [2.05, 4.69) is 10.2 Å². The summed E-state index contributed by atoms with van der Waals surface area (Å²) in [7, 11) is 3.33. The van der Waals surface area contributed by atoms with Crippen LogP contribution >= 0.6 is 11.8 Å². The second-order valence-electron chi connectivity index (χ2n) is 4.75. The minimum atomic E-state index is -0.226. The lowest BCUT2D eigenvalue weighted by atomic mass is 10.0. The quantitative estimate of drug-likeness (QED) is 0.793. The minimum absolute atomic E-state index is 0.0230. The average molecular weight is 308 g/mol. The Labute approximate surface area is 127 Å². The van der Waals surface area contributed by atoms with Crippen LogP contribution in [0.15, 0.2) is 34.2 Å². The van der Waals surface area contributed by atoms with E-state index >= 15 is 0 Å². The van der Waals surface area contributed by atoms with Crippen LogP contribution in [-0.2, 0) is 7.05 Å². The first-order valence-corrected chi connectivity index (χ1v) is 7.62. The zero-order chi connectivity index (χ0) is 15.4. The maximum atomic E-state index is 11.5. The summed E-state index contributed by atoms with van der Waals surface area (Å²) < 4.78 is 6.67. The molecule has 7 heteroatoms. The van der Waals surface area contributed by atoms with Crippen molar-refractivity contribution in [2.24, 2.45) is 12.8 Å². The van der Waals surface area contributed by atoms with Gasteiger partial charge in [0.25, 0.3) is 0 Å². The Morgan fingerprint density at radius 1 is 1.43 bits per heavy atom. The molecule has 6 nitrogen and oxygen atoms in total. The molecule has 0 aliphatic heterocycles. The van der Waals surface area contributed by atoms with Crippen LogP contribution in [-0.4, -0.2) is 27.9 Å². The first kappa shape index (κ1) is 15.7. The van der Waals surface area contributed by atoms with E-state index in [9.17, 15) is 4.79 Å². The van der Waals surface area contributed by atoms with E-state index in [1.165, 1.54) is 16.3 Å². The number of H-pyrrole nitrogens is 1. The average Bonchev–Trinajstić information content (AvgIpc) is 2.84. The van der Waals surface area contributed by atoms with Gasteiger partial charge in [-0.05, 0) is 24.1 Å². The maximum Gasteiger partial charge on any atom is 0.343 e. The number of nitrogens with zero attached hydrogens (tertiary/aromatic N) is 2. The van der Waals surface area contributed by atoms with Crippen LogP contribution in [0.4, 0.5) is 0 Å². The summed E-state index contributed by atoms with van der Waals surface area (Å²) in [6.45, 7) is 2.05. The number of aromatic amines is 1. The van der Waals surface area contributed by atoms with Crippen LogP contribution in [0.1, 0.15) is 24.2 Å². The molecule has 0 fully saturated rings. The molecule has 0 spiro atoms. The molecule has 2 unspecified atom stereocenters. The van der Waals surface area contributed by atoms with Crippen LogP contribution in [0.5, 0.6) is 5.75 Å². The largest absolute Gasteiger partial charge is 0.497 e. The first-order chi connectivity index (χ1) is 10.1. The van der Waals surface area contributed by atoms with Gasteiger partial charge in [0.1, 0.15) is 5.75 Å². The number of hydrogen-bond donors (Lipinski definition) is 2. The van der Waals surface area contributed by atoms with E-state index in [1.54, 1.807) is 14.2 Å². The van der Waals surface area contributed by atoms with Crippen molar-refractivity contribution < 1.29 is 4.74 Å². The summed E-state index contributed by atoms with van der Waals surface area (Å²) in [5.41, 5.74) is 7.11. The minimum Gasteiger partial charge on any atom is -0.497 e. The van der Waals surface area contributed by atoms with Gasteiger partial charge >= 0.3 is 5.69 Å². The van der Waals surface area contributed by atoms with Crippen molar-refractivity contribution in [2.75, 3.05) is 7.11 Å². The van der Waals surface area contributed by atoms with Crippen molar-refractivity contribution in [2.45, 2.75) is 29.8 Å². The van der Waals surface area contributed by atoms with Crippen molar-refractivity contribution in [1.29, 1.82) is 0 Å². The summed E-state index contributed by atoms with van der Waals surface area (Å²) in [5, 5.41) is 7.14. The predicted octanol–water partition coefficient (Wildman–Crippen LogP) is 1.69. The molecule has 0 bridgehead atoms. The molecule has 0 saturated carbocycles. The predicted molar refractivity (Wildman–Crippen MR) is 83.7 cm³/mol. The number of methoxy groups -OCH3 is 1. The zero-order valence-electron chi connectivity index (χ0n) is 12.4. The van der Waals surface area contributed by atoms with Crippen LogP contribution in [0.3, 0.4) is 0 Å². The number of rotatable bonds is 6. The lowest BCUT2D eigenvalue weighted by Gasteiger charge is -2.22. The molecule has 2 aromatic rings. The van der Waals surface area contributed by atoms with E-state index in [0.717, 1.165) is 17.7 Å². The Morgan fingerprint density at radius 3 is 2.57 bits per heavy atom. The number of benzene rings is 1. The number of hydrogen-bond acceptors (Lipinski definition) is 5. The van der Waals surface area contributed by atoms with Crippen LogP contribution < -0.4 is 16.2 Å². The van der Waals surface area contributed by atoms with Gasteiger partial charge in [-0.2, -0.15) is 0 Å². The van der Waals surface area contributed by atoms with Crippen molar-refractivity contribution in [3.63, 3.8) is 0 Å². The lowest BCUT2D eigenvalue weighted by molar-refractivity contribution is 0.414. The molecule has 0 amide bonds. The molecule has 0 aliphatic rings. The van der Waals surface area contributed by atoms with Crippen molar-refractivity contribution >= 4 is 11.8 Å². The fourth-order valence-electron chi connectivity index (χ4n) is 1.96. The third kappa shape index (κ3) is 3.48. The molecule has 114 valence electrons. The van der Waals surface area contributed by atoms with Crippen LogP contribution in [0.2, 0.25) is 0 Å². The standard InChI is InChI=1S/C14H20N4O2S/c1-4-11(15)12(9-5-7-10(20-3)8-6-9)21-14-17-16-13(19)18(14)2/h5-8,11-12H,4,15H2,1-3H3,(H,16,19). The normalized spacial score (nSPS) is 13.9. The number of nitrogens with one attached hydrogen (secondary N) is 1. The topological polar surface area (TPSA) is 85.9 Å². The summed E-state index contributed by atoms with van der Waals surface area (Å²) in [5.74, 6) is 0.805. The molecular weight excluding hydrogens is 288 g/mol. The summed E-state index contributed by atoms with van der Waals surface area (Å²) >= 11 is 1.49. The highest BCUT2D eigenvalue weighted by Gasteiger charge is 2.22. The molecule has 1 aromatic heterocycles. The Hall–Kier alpha value is -1.73. The molecule has 3 N–H and O–H groups in total. The van der Waals surface area contributed by atoms with Gasteiger partial charge in [-0.15, -0.1) is 5.10 Å².